The highest BCUT2D eigenvalue weighted by Gasteiger charge is 2.41. The smallest absolute Gasteiger partial charge is 0.126 e. The van der Waals surface area contributed by atoms with Gasteiger partial charge in [-0.25, -0.2) is 4.39 Å². The molecule has 0 atom stereocenters. The topological polar surface area (TPSA) is 42.8 Å². The molecule has 0 aliphatic carbocycles. The van der Waals surface area contributed by atoms with E-state index in [0.717, 1.165) is 22.1 Å². The third-order valence-electron chi connectivity index (χ3n) is 5.28. The standard InChI is InChI=1S/C20H17FIN3O/c1-11-5-13(3-4-15(11)21)25-17-6-12-8-23-24-16(12)7-14(17)18(22)19(25)20(2)9-26-10-20/h3-8H,9-10H2,1-2H3,(H,23,24). The van der Waals surface area contributed by atoms with Crippen molar-refractivity contribution < 1.29 is 9.13 Å². The van der Waals surface area contributed by atoms with Gasteiger partial charge in [0.1, 0.15) is 5.82 Å². The van der Waals surface area contributed by atoms with Gasteiger partial charge in [-0.3, -0.25) is 5.10 Å². The van der Waals surface area contributed by atoms with E-state index >= 15 is 0 Å². The summed E-state index contributed by atoms with van der Waals surface area (Å²) in [6.07, 6.45) is 1.84. The predicted octanol–water partition coefficient (Wildman–Crippen LogP) is 4.85. The molecule has 4 nitrogen and oxygen atoms in total. The summed E-state index contributed by atoms with van der Waals surface area (Å²) >= 11 is 2.43. The molecule has 0 unspecified atom stereocenters. The van der Waals surface area contributed by atoms with Gasteiger partial charge in [0.15, 0.2) is 0 Å². The molecule has 0 spiro atoms. The van der Waals surface area contributed by atoms with E-state index in [4.69, 9.17) is 4.74 Å². The largest absolute Gasteiger partial charge is 0.379 e. The van der Waals surface area contributed by atoms with Crippen molar-refractivity contribution in [1.29, 1.82) is 0 Å². The average Bonchev–Trinajstić information content (AvgIpc) is 3.16. The molecule has 4 aromatic rings. The number of hydrogen-bond acceptors (Lipinski definition) is 2. The Morgan fingerprint density at radius 2 is 2.08 bits per heavy atom. The number of nitrogens with zero attached hydrogens (tertiary/aromatic N) is 2. The van der Waals surface area contributed by atoms with Crippen LogP contribution < -0.4 is 0 Å². The first kappa shape index (κ1) is 16.3. The van der Waals surface area contributed by atoms with Crippen LogP contribution in [0, 0.1) is 16.3 Å². The first-order valence-corrected chi connectivity index (χ1v) is 9.58. The third-order valence-corrected chi connectivity index (χ3v) is 6.37. The zero-order valence-electron chi connectivity index (χ0n) is 14.4. The number of aromatic amines is 1. The lowest BCUT2D eigenvalue weighted by atomic mass is 9.84. The molecule has 0 bridgehead atoms. The van der Waals surface area contributed by atoms with E-state index < -0.39 is 0 Å². The van der Waals surface area contributed by atoms with Crippen LogP contribution in [0.1, 0.15) is 18.2 Å². The molecule has 0 radical (unpaired) electrons. The number of aryl methyl sites for hydroxylation is 1. The minimum atomic E-state index is -0.183. The Balaban J connectivity index is 1.91. The van der Waals surface area contributed by atoms with Crippen molar-refractivity contribution in [2.45, 2.75) is 19.3 Å². The van der Waals surface area contributed by atoms with E-state index in [1.54, 1.807) is 13.0 Å². The fraction of sp³-hybridized carbons (Fsp3) is 0.250. The summed E-state index contributed by atoms with van der Waals surface area (Å²) in [5.41, 5.74) is 4.92. The molecule has 1 N–H and O–H groups in total. The van der Waals surface area contributed by atoms with Gasteiger partial charge in [-0.2, -0.15) is 5.10 Å². The monoisotopic (exact) mass is 461 g/mol. The molecule has 1 fully saturated rings. The molecule has 3 heterocycles. The van der Waals surface area contributed by atoms with Crippen molar-refractivity contribution in [3.8, 4) is 5.69 Å². The van der Waals surface area contributed by atoms with Crippen LogP contribution in [0.3, 0.4) is 0 Å². The maximum atomic E-state index is 13.9. The maximum Gasteiger partial charge on any atom is 0.126 e. The number of benzene rings is 2. The molecule has 2 aromatic heterocycles. The van der Waals surface area contributed by atoms with Crippen LogP contribution in [0.4, 0.5) is 4.39 Å². The molecule has 26 heavy (non-hydrogen) atoms. The van der Waals surface area contributed by atoms with Crippen LogP contribution in [0.15, 0.2) is 36.5 Å². The average molecular weight is 461 g/mol. The van der Waals surface area contributed by atoms with E-state index in [1.807, 2.05) is 18.3 Å². The highest BCUT2D eigenvalue weighted by Crippen LogP contribution is 2.42. The van der Waals surface area contributed by atoms with Crippen LogP contribution in [0.2, 0.25) is 0 Å². The zero-order valence-corrected chi connectivity index (χ0v) is 16.6. The Morgan fingerprint density at radius 1 is 1.27 bits per heavy atom. The maximum absolute atomic E-state index is 13.9. The van der Waals surface area contributed by atoms with Crippen LogP contribution in [-0.2, 0) is 10.2 Å². The molecule has 132 valence electrons. The van der Waals surface area contributed by atoms with Gasteiger partial charge in [0, 0.05) is 25.7 Å². The van der Waals surface area contributed by atoms with E-state index in [1.165, 1.54) is 14.7 Å². The number of halogens is 2. The minimum absolute atomic E-state index is 0.0518. The summed E-state index contributed by atoms with van der Waals surface area (Å²) in [5, 5.41) is 9.44. The summed E-state index contributed by atoms with van der Waals surface area (Å²) in [4.78, 5) is 0. The Hall–Kier alpha value is -1.93. The molecule has 1 saturated heterocycles. The molecule has 0 amide bonds. The van der Waals surface area contributed by atoms with Crippen molar-refractivity contribution >= 4 is 44.4 Å². The first-order valence-electron chi connectivity index (χ1n) is 8.50. The number of H-pyrrole nitrogens is 1. The second-order valence-electron chi connectivity index (χ2n) is 7.31. The fourth-order valence-corrected chi connectivity index (χ4v) is 5.13. The Labute approximate surface area is 163 Å². The Bertz CT molecular complexity index is 1170. The van der Waals surface area contributed by atoms with Gasteiger partial charge in [0.2, 0.25) is 0 Å². The third kappa shape index (κ3) is 2.18. The van der Waals surface area contributed by atoms with Crippen molar-refractivity contribution in [3.05, 3.63) is 57.2 Å². The van der Waals surface area contributed by atoms with Gasteiger partial charge >= 0.3 is 0 Å². The summed E-state index contributed by atoms with van der Waals surface area (Å²) < 4.78 is 22.9. The summed E-state index contributed by atoms with van der Waals surface area (Å²) in [6, 6.07) is 9.61. The second kappa shape index (κ2) is 5.53. The molecule has 0 saturated carbocycles. The number of rotatable bonds is 2. The molecule has 5 rings (SSSR count). The number of aromatic nitrogens is 3. The molecular weight excluding hydrogens is 444 g/mol. The Morgan fingerprint density at radius 3 is 2.77 bits per heavy atom. The Kier molecular flexibility index (Phi) is 3.46. The van der Waals surface area contributed by atoms with Gasteiger partial charge in [0.25, 0.3) is 0 Å². The van der Waals surface area contributed by atoms with Crippen molar-refractivity contribution in [3.63, 3.8) is 0 Å². The van der Waals surface area contributed by atoms with Crippen molar-refractivity contribution in [1.82, 2.24) is 14.8 Å². The normalized spacial score (nSPS) is 16.3. The molecule has 1 aliphatic heterocycles. The van der Waals surface area contributed by atoms with Gasteiger partial charge in [-0.1, -0.05) is 0 Å². The summed E-state index contributed by atoms with van der Waals surface area (Å²) in [6.45, 7) is 5.42. The highest BCUT2D eigenvalue weighted by atomic mass is 127. The van der Waals surface area contributed by atoms with Crippen molar-refractivity contribution in [2.24, 2.45) is 0 Å². The number of ether oxygens (including phenoxy) is 1. The lowest BCUT2D eigenvalue weighted by Gasteiger charge is -2.39. The molecule has 6 heteroatoms. The zero-order chi connectivity index (χ0) is 18.1. The lowest BCUT2D eigenvalue weighted by Crippen LogP contribution is -2.45. The predicted molar refractivity (Wildman–Crippen MR) is 109 cm³/mol. The molecular formula is C20H17FIN3O. The van der Waals surface area contributed by atoms with Gasteiger partial charge in [-0.05, 0) is 72.3 Å². The van der Waals surface area contributed by atoms with Gasteiger partial charge < -0.3 is 9.30 Å². The van der Waals surface area contributed by atoms with Crippen LogP contribution in [0.5, 0.6) is 0 Å². The molecule has 1 aliphatic rings. The number of nitrogens with one attached hydrogen (secondary N) is 1. The van der Waals surface area contributed by atoms with Crippen LogP contribution in [0.25, 0.3) is 27.5 Å². The van der Waals surface area contributed by atoms with Crippen LogP contribution >= 0.6 is 22.6 Å². The quantitative estimate of drug-likeness (QED) is 0.434. The fourth-order valence-electron chi connectivity index (χ4n) is 3.80. The van der Waals surface area contributed by atoms with Crippen molar-refractivity contribution in [2.75, 3.05) is 13.2 Å². The first-order chi connectivity index (χ1) is 12.5. The SMILES string of the molecule is Cc1cc(-n2c(C3(C)COC3)c(I)c3cc4[nH]ncc4cc32)ccc1F. The number of fused-ring (bicyclic) bond motifs is 2. The van der Waals surface area contributed by atoms with Gasteiger partial charge in [-0.15, -0.1) is 0 Å². The van der Waals surface area contributed by atoms with E-state index in [0.29, 0.717) is 18.8 Å². The highest BCUT2D eigenvalue weighted by molar-refractivity contribution is 14.1. The van der Waals surface area contributed by atoms with E-state index in [9.17, 15) is 4.39 Å². The van der Waals surface area contributed by atoms with Gasteiger partial charge in [0.05, 0.1) is 35.9 Å². The summed E-state index contributed by atoms with van der Waals surface area (Å²) in [5.74, 6) is -0.183. The summed E-state index contributed by atoms with van der Waals surface area (Å²) in [7, 11) is 0. The van der Waals surface area contributed by atoms with E-state index in [-0.39, 0.29) is 11.2 Å². The second-order valence-corrected chi connectivity index (χ2v) is 8.39. The minimum Gasteiger partial charge on any atom is -0.379 e. The lowest BCUT2D eigenvalue weighted by molar-refractivity contribution is -0.0530. The van der Waals surface area contributed by atoms with Crippen LogP contribution in [-0.4, -0.2) is 28.0 Å². The number of hydrogen-bond donors (Lipinski definition) is 1. The van der Waals surface area contributed by atoms with E-state index in [2.05, 4.69) is 56.4 Å². The molecule has 2 aromatic carbocycles.